The third-order valence-corrected chi connectivity index (χ3v) is 6.32. The predicted molar refractivity (Wildman–Crippen MR) is 109 cm³/mol. The number of hydrogen-bond acceptors (Lipinski definition) is 4. The van der Waals surface area contributed by atoms with Gasteiger partial charge in [-0.15, -0.1) is 0 Å². The Morgan fingerprint density at radius 3 is 2.56 bits per heavy atom. The molecule has 0 saturated carbocycles. The summed E-state index contributed by atoms with van der Waals surface area (Å²) >= 11 is 0. The van der Waals surface area contributed by atoms with Gasteiger partial charge < -0.3 is 15.4 Å². The Balaban J connectivity index is 1.71. The monoisotopic (exact) mass is 373 g/mol. The van der Waals surface area contributed by atoms with E-state index in [0.717, 1.165) is 44.6 Å². The number of likely N-dealkylation sites (tertiary alicyclic amines) is 2. The number of nitrogens with zero attached hydrogens (tertiary/aromatic N) is 2. The van der Waals surface area contributed by atoms with Gasteiger partial charge in [-0.25, -0.2) is 0 Å². The zero-order chi connectivity index (χ0) is 19.4. The molecular weight excluding hydrogens is 338 g/mol. The van der Waals surface area contributed by atoms with E-state index in [-0.39, 0.29) is 23.4 Å². The highest BCUT2D eigenvalue weighted by molar-refractivity contribution is 5.79. The molecule has 2 fully saturated rings. The second kappa shape index (κ2) is 8.61. The summed E-state index contributed by atoms with van der Waals surface area (Å²) in [5.74, 6) is 1.11. The molecule has 2 aliphatic heterocycles. The standard InChI is InChI=1S/C22H35N3O2/c1-22(2)16-24(14-12-20(22)23)15-21(26)25-13-6-4-5-7-19(25)17-8-10-18(27-3)11-9-17/h8-11,19-20H,4-7,12-16,23H2,1-3H3. The van der Waals surface area contributed by atoms with Crippen LogP contribution in [0.25, 0.3) is 0 Å². The van der Waals surface area contributed by atoms with Crippen LogP contribution in [-0.4, -0.2) is 55.0 Å². The number of carbonyl (C=O) groups is 1. The van der Waals surface area contributed by atoms with Crippen LogP contribution >= 0.6 is 0 Å². The van der Waals surface area contributed by atoms with Crippen LogP contribution in [0.5, 0.6) is 5.75 Å². The zero-order valence-electron chi connectivity index (χ0n) is 17.1. The molecule has 1 amide bonds. The Kier molecular flexibility index (Phi) is 6.43. The van der Waals surface area contributed by atoms with Gasteiger partial charge in [-0.2, -0.15) is 0 Å². The summed E-state index contributed by atoms with van der Waals surface area (Å²) in [7, 11) is 1.68. The van der Waals surface area contributed by atoms with E-state index in [2.05, 4.69) is 35.8 Å². The van der Waals surface area contributed by atoms with Crippen molar-refractivity contribution in [2.45, 2.75) is 58.0 Å². The highest BCUT2D eigenvalue weighted by Crippen LogP contribution is 2.32. The van der Waals surface area contributed by atoms with Gasteiger partial charge >= 0.3 is 0 Å². The minimum absolute atomic E-state index is 0.0622. The Morgan fingerprint density at radius 2 is 1.89 bits per heavy atom. The van der Waals surface area contributed by atoms with Crippen LogP contribution < -0.4 is 10.5 Å². The first-order valence-corrected chi connectivity index (χ1v) is 10.3. The van der Waals surface area contributed by atoms with Gasteiger partial charge in [-0.05, 0) is 42.4 Å². The average Bonchev–Trinajstić information content (AvgIpc) is 2.90. The van der Waals surface area contributed by atoms with Crippen LogP contribution in [0.4, 0.5) is 0 Å². The zero-order valence-corrected chi connectivity index (χ0v) is 17.1. The molecule has 0 spiro atoms. The van der Waals surface area contributed by atoms with Crippen molar-refractivity contribution in [3.05, 3.63) is 29.8 Å². The Bertz CT molecular complexity index is 629. The number of benzene rings is 1. The van der Waals surface area contributed by atoms with E-state index in [1.165, 1.54) is 18.4 Å². The molecule has 5 nitrogen and oxygen atoms in total. The van der Waals surface area contributed by atoms with Crippen LogP contribution in [0, 0.1) is 5.41 Å². The van der Waals surface area contributed by atoms with Crippen molar-refractivity contribution < 1.29 is 9.53 Å². The van der Waals surface area contributed by atoms with E-state index in [9.17, 15) is 4.79 Å². The highest BCUT2D eigenvalue weighted by Gasteiger charge is 2.35. The second-order valence-corrected chi connectivity index (χ2v) is 8.82. The number of hydrogen-bond donors (Lipinski definition) is 1. The maximum atomic E-state index is 13.2. The summed E-state index contributed by atoms with van der Waals surface area (Å²) in [6, 6.07) is 8.60. The number of amides is 1. The maximum Gasteiger partial charge on any atom is 0.237 e. The molecule has 0 aliphatic carbocycles. The molecule has 0 radical (unpaired) electrons. The SMILES string of the molecule is COc1ccc(C2CCCCCN2C(=O)CN2CCC(N)C(C)(C)C2)cc1. The molecule has 0 aromatic heterocycles. The molecule has 2 saturated heterocycles. The van der Waals surface area contributed by atoms with Gasteiger partial charge in [0.1, 0.15) is 5.75 Å². The summed E-state index contributed by atoms with van der Waals surface area (Å²) in [5.41, 5.74) is 7.54. The van der Waals surface area contributed by atoms with Gasteiger partial charge in [0.25, 0.3) is 0 Å². The topological polar surface area (TPSA) is 58.8 Å². The summed E-state index contributed by atoms with van der Waals surface area (Å²) in [6.45, 7) is 7.58. The van der Waals surface area contributed by atoms with Crippen molar-refractivity contribution in [2.24, 2.45) is 11.1 Å². The smallest absolute Gasteiger partial charge is 0.237 e. The lowest BCUT2D eigenvalue weighted by Gasteiger charge is -2.43. The fourth-order valence-corrected chi connectivity index (χ4v) is 4.48. The molecule has 150 valence electrons. The fraction of sp³-hybridized carbons (Fsp3) is 0.682. The lowest BCUT2D eigenvalue weighted by molar-refractivity contribution is -0.135. The average molecular weight is 374 g/mol. The number of nitrogens with two attached hydrogens (primary N) is 1. The molecule has 3 rings (SSSR count). The van der Waals surface area contributed by atoms with Gasteiger partial charge in [-0.1, -0.05) is 38.8 Å². The van der Waals surface area contributed by atoms with E-state index in [4.69, 9.17) is 10.5 Å². The van der Waals surface area contributed by atoms with Gasteiger partial charge in [0, 0.05) is 25.7 Å². The number of carbonyl (C=O) groups excluding carboxylic acids is 1. The van der Waals surface area contributed by atoms with Crippen molar-refractivity contribution in [3.63, 3.8) is 0 Å². The number of rotatable bonds is 4. The third-order valence-electron chi connectivity index (χ3n) is 6.32. The summed E-state index contributed by atoms with van der Waals surface area (Å²) in [5, 5.41) is 0. The van der Waals surface area contributed by atoms with E-state index in [1.807, 2.05) is 12.1 Å². The summed E-state index contributed by atoms with van der Waals surface area (Å²) in [6.07, 6.45) is 5.46. The van der Waals surface area contributed by atoms with Crippen LogP contribution in [0.15, 0.2) is 24.3 Å². The largest absolute Gasteiger partial charge is 0.497 e. The minimum Gasteiger partial charge on any atom is -0.497 e. The second-order valence-electron chi connectivity index (χ2n) is 8.82. The summed E-state index contributed by atoms with van der Waals surface area (Å²) < 4.78 is 5.29. The first-order valence-electron chi connectivity index (χ1n) is 10.3. The molecule has 1 aromatic carbocycles. The van der Waals surface area contributed by atoms with E-state index >= 15 is 0 Å². The first-order chi connectivity index (χ1) is 12.9. The van der Waals surface area contributed by atoms with Crippen molar-refractivity contribution in [1.82, 2.24) is 9.80 Å². The predicted octanol–water partition coefficient (Wildman–Crippen LogP) is 3.20. The van der Waals surface area contributed by atoms with Crippen LogP contribution in [0.2, 0.25) is 0 Å². The molecular formula is C22H35N3O2. The van der Waals surface area contributed by atoms with Crippen molar-refractivity contribution >= 4 is 5.91 Å². The lowest BCUT2D eigenvalue weighted by Crippen LogP contribution is -2.54. The first kappa shape index (κ1) is 20.2. The lowest BCUT2D eigenvalue weighted by atomic mass is 9.80. The van der Waals surface area contributed by atoms with Crippen LogP contribution in [-0.2, 0) is 4.79 Å². The van der Waals surface area contributed by atoms with E-state index in [1.54, 1.807) is 7.11 Å². The van der Waals surface area contributed by atoms with E-state index < -0.39 is 0 Å². The van der Waals surface area contributed by atoms with E-state index in [0.29, 0.717) is 6.54 Å². The number of ether oxygens (including phenoxy) is 1. The molecule has 1 aromatic rings. The molecule has 2 N–H and O–H groups in total. The molecule has 5 heteroatoms. The van der Waals surface area contributed by atoms with Gasteiger partial charge in [0.15, 0.2) is 0 Å². The van der Waals surface area contributed by atoms with Crippen molar-refractivity contribution in [2.75, 3.05) is 33.3 Å². The Hall–Kier alpha value is -1.59. The highest BCUT2D eigenvalue weighted by atomic mass is 16.5. The van der Waals surface area contributed by atoms with Crippen molar-refractivity contribution in [3.8, 4) is 5.75 Å². The molecule has 0 bridgehead atoms. The third kappa shape index (κ3) is 4.82. The van der Waals surface area contributed by atoms with Gasteiger partial charge in [0.05, 0.1) is 19.7 Å². The number of methoxy groups -OCH3 is 1. The minimum atomic E-state index is 0.0622. The Morgan fingerprint density at radius 1 is 1.15 bits per heavy atom. The van der Waals surface area contributed by atoms with Gasteiger partial charge in [0.2, 0.25) is 5.91 Å². The van der Waals surface area contributed by atoms with Crippen LogP contribution in [0.3, 0.4) is 0 Å². The van der Waals surface area contributed by atoms with Gasteiger partial charge in [-0.3, -0.25) is 9.69 Å². The molecule has 2 unspecified atom stereocenters. The molecule has 27 heavy (non-hydrogen) atoms. The summed E-state index contributed by atoms with van der Waals surface area (Å²) in [4.78, 5) is 17.7. The molecule has 2 aliphatic rings. The maximum absolute atomic E-state index is 13.2. The molecule has 2 atom stereocenters. The molecule has 2 heterocycles. The fourth-order valence-electron chi connectivity index (χ4n) is 4.48. The number of piperidine rings is 1. The normalized spacial score (nSPS) is 26.4. The van der Waals surface area contributed by atoms with Crippen molar-refractivity contribution in [1.29, 1.82) is 0 Å². The Labute approximate surface area is 163 Å². The quantitative estimate of drug-likeness (QED) is 0.880. The van der Waals surface area contributed by atoms with Crippen LogP contribution in [0.1, 0.15) is 57.6 Å².